The highest BCUT2D eigenvalue weighted by molar-refractivity contribution is 6.04. The van der Waals surface area contributed by atoms with Crippen LogP contribution in [0, 0.1) is 5.95 Å². The standard InChI is InChI=1S/C20H20F4N4O4/c1-32-16-8-12(2-3-13(16)20(22,23)24)26-19(31)11-4-6-28(7-5-11)18-17(21)27-14(9-25-18)15(30)10-29/h2-4,8-9,15,29-30H,5-7,10H2,1H3,(H,26,31)/t15-/m1/s1. The summed E-state index contributed by atoms with van der Waals surface area (Å²) in [7, 11) is 1.10. The van der Waals surface area contributed by atoms with E-state index in [4.69, 9.17) is 9.84 Å². The number of ether oxygens (including phenoxy) is 1. The summed E-state index contributed by atoms with van der Waals surface area (Å²) in [6, 6.07) is 3.04. The molecule has 1 aromatic carbocycles. The van der Waals surface area contributed by atoms with Crippen LogP contribution < -0.4 is 15.0 Å². The predicted octanol–water partition coefficient (Wildman–Crippen LogP) is 2.44. The number of rotatable bonds is 6. The van der Waals surface area contributed by atoms with Crippen LogP contribution in [0.3, 0.4) is 0 Å². The fourth-order valence-electron chi connectivity index (χ4n) is 3.12. The van der Waals surface area contributed by atoms with Gasteiger partial charge in [0, 0.05) is 30.4 Å². The minimum atomic E-state index is -4.59. The van der Waals surface area contributed by atoms with Crippen LogP contribution in [-0.4, -0.2) is 52.9 Å². The number of aliphatic hydroxyl groups is 2. The maximum absolute atomic E-state index is 14.3. The third kappa shape index (κ3) is 5.14. The highest BCUT2D eigenvalue weighted by atomic mass is 19.4. The third-order valence-corrected chi connectivity index (χ3v) is 4.81. The van der Waals surface area contributed by atoms with Crippen LogP contribution in [0.1, 0.15) is 23.8 Å². The monoisotopic (exact) mass is 456 g/mol. The molecule has 0 saturated carbocycles. The van der Waals surface area contributed by atoms with Crippen molar-refractivity contribution in [3.63, 3.8) is 0 Å². The summed E-state index contributed by atoms with van der Waals surface area (Å²) >= 11 is 0. The van der Waals surface area contributed by atoms with Gasteiger partial charge in [-0.15, -0.1) is 0 Å². The molecule has 3 N–H and O–H groups in total. The van der Waals surface area contributed by atoms with E-state index in [1.807, 2.05) is 0 Å². The number of hydrogen-bond donors (Lipinski definition) is 3. The van der Waals surface area contributed by atoms with Gasteiger partial charge >= 0.3 is 6.18 Å². The number of anilines is 2. The largest absolute Gasteiger partial charge is 0.496 e. The fourth-order valence-corrected chi connectivity index (χ4v) is 3.12. The molecule has 0 saturated heterocycles. The van der Waals surface area contributed by atoms with E-state index in [1.165, 1.54) is 4.90 Å². The normalized spacial score (nSPS) is 15.2. The molecule has 1 aliphatic rings. The second-order valence-electron chi connectivity index (χ2n) is 6.90. The molecule has 0 radical (unpaired) electrons. The zero-order valence-corrected chi connectivity index (χ0v) is 16.9. The Hall–Kier alpha value is -3.25. The van der Waals surface area contributed by atoms with E-state index in [9.17, 15) is 27.5 Å². The van der Waals surface area contributed by atoms with Gasteiger partial charge in [0.15, 0.2) is 5.82 Å². The van der Waals surface area contributed by atoms with Crippen molar-refractivity contribution in [1.82, 2.24) is 9.97 Å². The molecule has 0 bridgehead atoms. The van der Waals surface area contributed by atoms with Gasteiger partial charge in [-0.1, -0.05) is 6.08 Å². The minimum Gasteiger partial charge on any atom is -0.496 e. The average Bonchev–Trinajstić information content (AvgIpc) is 2.77. The highest BCUT2D eigenvalue weighted by Crippen LogP contribution is 2.37. The Morgan fingerprint density at radius 3 is 2.69 bits per heavy atom. The lowest BCUT2D eigenvalue weighted by Crippen LogP contribution is -2.33. The molecule has 172 valence electrons. The number of halogens is 4. The highest BCUT2D eigenvalue weighted by Gasteiger charge is 2.34. The van der Waals surface area contributed by atoms with E-state index in [1.54, 1.807) is 6.08 Å². The SMILES string of the molecule is COc1cc(NC(=O)C2=CCN(c3ncc([C@H](O)CO)nc3F)CC2)ccc1C(F)(F)F. The van der Waals surface area contributed by atoms with Gasteiger partial charge in [0.1, 0.15) is 11.9 Å². The van der Waals surface area contributed by atoms with Crippen molar-refractivity contribution in [2.24, 2.45) is 0 Å². The maximum Gasteiger partial charge on any atom is 0.419 e. The van der Waals surface area contributed by atoms with Crippen molar-refractivity contribution in [1.29, 1.82) is 0 Å². The topological polar surface area (TPSA) is 108 Å². The van der Waals surface area contributed by atoms with Crippen molar-refractivity contribution in [2.75, 3.05) is 37.0 Å². The van der Waals surface area contributed by atoms with Gasteiger partial charge in [0.05, 0.1) is 31.2 Å². The van der Waals surface area contributed by atoms with Crippen molar-refractivity contribution in [3.05, 3.63) is 53.3 Å². The molecule has 1 atom stereocenters. The number of carbonyl (C=O) groups excluding carboxylic acids is 1. The molecule has 0 spiro atoms. The number of aliphatic hydroxyl groups excluding tert-OH is 2. The first-order valence-corrected chi connectivity index (χ1v) is 9.46. The van der Waals surface area contributed by atoms with Gasteiger partial charge in [-0.2, -0.15) is 17.6 Å². The molecular weight excluding hydrogens is 436 g/mol. The Kier molecular flexibility index (Phi) is 6.94. The van der Waals surface area contributed by atoms with Crippen LogP contribution in [0.15, 0.2) is 36.0 Å². The summed E-state index contributed by atoms with van der Waals surface area (Å²) in [5, 5.41) is 20.9. The van der Waals surface area contributed by atoms with Crippen LogP contribution in [0.4, 0.5) is 29.1 Å². The van der Waals surface area contributed by atoms with Crippen LogP contribution in [0.5, 0.6) is 5.75 Å². The zero-order chi connectivity index (χ0) is 23.5. The Morgan fingerprint density at radius 2 is 2.12 bits per heavy atom. The van der Waals surface area contributed by atoms with E-state index in [2.05, 4.69) is 15.3 Å². The molecule has 2 heterocycles. The first-order valence-electron chi connectivity index (χ1n) is 9.46. The lowest BCUT2D eigenvalue weighted by molar-refractivity contribution is -0.138. The van der Waals surface area contributed by atoms with E-state index >= 15 is 0 Å². The van der Waals surface area contributed by atoms with Crippen molar-refractivity contribution < 1.29 is 37.3 Å². The van der Waals surface area contributed by atoms with Gasteiger partial charge < -0.3 is 25.2 Å². The molecule has 0 fully saturated rings. The van der Waals surface area contributed by atoms with Crippen LogP contribution in [0.25, 0.3) is 0 Å². The van der Waals surface area contributed by atoms with E-state index < -0.39 is 42.1 Å². The molecule has 1 aromatic heterocycles. The predicted molar refractivity (Wildman–Crippen MR) is 106 cm³/mol. The molecule has 1 amide bonds. The lowest BCUT2D eigenvalue weighted by atomic mass is 10.1. The Bertz CT molecular complexity index is 1030. The molecule has 32 heavy (non-hydrogen) atoms. The minimum absolute atomic E-state index is 0.0675. The zero-order valence-electron chi connectivity index (χ0n) is 16.9. The number of methoxy groups -OCH3 is 1. The third-order valence-electron chi connectivity index (χ3n) is 4.81. The number of amides is 1. The quantitative estimate of drug-likeness (QED) is 0.573. The summed E-state index contributed by atoms with van der Waals surface area (Å²) in [6.07, 6.45) is -2.99. The summed E-state index contributed by atoms with van der Waals surface area (Å²) in [6.45, 7) is -0.237. The smallest absolute Gasteiger partial charge is 0.419 e. The van der Waals surface area contributed by atoms with E-state index in [0.717, 1.165) is 31.5 Å². The van der Waals surface area contributed by atoms with Crippen molar-refractivity contribution in [2.45, 2.75) is 18.7 Å². The first kappa shape index (κ1) is 23.4. The summed E-state index contributed by atoms with van der Waals surface area (Å²) in [5.41, 5.74) is -0.543. The van der Waals surface area contributed by atoms with Gasteiger partial charge in [0.2, 0.25) is 0 Å². The Morgan fingerprint density at radius 1 is 1.38 bits per heavy atom. The second kappa shape index (κ2) is 9.49. The molecule has 0 aliphatic carbocycles. The molecule has 0 unspecified atom stereocenters. The Labute approximate surface area is 180 Å². The van der Waals surface area contributed by atoms with Gasteiger partial charge in [-0.25, -0.2) is 9.97 Å². The average molecular weight is 456 g/mol. The summed E-state index contributed by atoms with van der Waals surface area (Å²) < 4.78 is 57.9. The van der Waals surface area contributed by atoms with Crippen molar-refractivity contribution in [3.8, 4) is 5.75 Å². The van der Waals surface area contributed by atoms with Crippen LogP contribution >= 0.6 is 0 Å². The number of benzene rings is 1. The van der Waals surface area contributed by atoms with Gasteiger partial charge in [-0.05, 0) is 18.6 Å². The summed E-state index contributed by atoms with van der Waals surface area (Å²) in [5.74, 6) is -1.91. The molecule has 3 rings (SSSR count). The lowest BCUT2D eigenvalue weighted by Gasteiger charge is -2.27. The number of nitrogens with one attached hydrogen (secondary N) is 1. The first-order chi connectivity index (χ1) is 15.1. The number of alkyl halides is 3. The second-order valence-corrected chi connectivity index (χ2v) is 6.90. The molecule has 1 aliphatic heterocycles. The van der Waals surface area contributed by atoms with Crippen LogP contribution in [0.2, 0.25) is 0 Å². The number of carbonyl (C=O) groups is 1. The summed E-state index contributed by atoms with van der Waals surface area (Å²) in [4.78, 5) is 21.6. The fraction of sp³-hybridized carbons (Fsp3) is 0.350. The van der Waals surface area contributed by atoms with Gasteiger partial charge in [-0.3, -0.25) is 4.79 Å². The number of aromatic nitrogens is 2. The molecule has 8 nitrogen and oxygen atoms in total. The van der Waals surface area contributed by atoms with Gasteiger partial charge in [0.25, 0.3) is 11.9 Å². The Balaban J connectivity index is 1.68. The molecule has 12 heteroatoms. The van der Waals surface area contributed by atoms with Crippen molar-refractivity contribution >= 4 is 17.4 Å². The molecular formula is C20H20F4N4O4. The number of hydrogen-bond acceptors (Lipinski definition) is 7. The van der Waals surface area contributed by atoms with Crippen LogP contribution in [-0.2, 0) is 11.0 Å². The number of nitrogens with zero attached hydrogens (tertiary/aromatic N) is 3. The maximum atomic E-state index is 14.3. The molecule has 2 aromatic rings. The van der Waals surface area contributed by atoms with E-state index in [-0.39, 0.29) is 36.7 Å². The van der Waals surface area contributed by atoms with E-state index in [0.29, 0.717) is 5.57 Å².